The maximum Gasteiger partial charge on any atom is 0.225 e. The first-order valence-corrected chi connectivity index (χ1v) is 9.33. The molecule has 0 bridgehead atoms. The Morgan fingerprint density at radius 1 is 1.35 bits per heavy atom. The zero-order chi connectivity index (χ0) is 18.8. The number of aromatic nitrogens is 3. The maximum absolute atomic E-state index is 12.1. The molecule has 0 aliphatic carbocycles. The third-order valence-electron chi connectivity index (χ3n) is 3.39. The summed E-state index contributed by atoms with van der Waals surface area (Å²) in [5.41, 5.74) is 0.751. The van der Waals surface area contributed by atoms with Gasteiger partial charge in [0, 0.05) is 31.5 Å². The molecule has 140 valence electrons. The summed E-state index contributed by atoms with van der Waals surface area (Å²) in [6.45, 7) is 7.29. The summed E-state index contributed by atoms with van der Waals surface area (Å²) in [5.74, 6) is 2.09. The Labute approximate surface area is 157 Å². The lowest BCUT2D eigenvalue weighted by molar-refractivity contribution is -0.115. The van der Waals surface area contributed by atoms with Gasteiger partial charge in [0.25, 0.3) is 0 Å². The minimum atomic E-state index is -0.0476. The molecule has 0 spiro atoms. The molecule has 7 nitrogen and oxygen atoms in total. The number of carbonyl (C=O) groups is 1. The number of hydrogen-bond acceptors (Lipinski definition) is 6. The summed E-state index contributed by atoms with van der Waals surface area (Å²) in [5, 5.41) is 11.9. The van der Waals surface area contributed by atoms with Gasteiger partial charge in [-0.1, -0.05) is 17.8 Å². The molecule has 0 saturated carbocycles. The van der Waals surface area contributed by atoms with Crippen molar-refractivity contribution in [1.29, 1.82) is 0 Å². The van der Waals surface area contributed by atoms with E-state index in [9.17, 15) is 4.79 Å². The second-order valence-corrected chi connectivity index (χ2v) is 6.40. The molecule has 2 rings (SSSR count). The number of ether oxygens (including phenoxy) is 2. The molecule has 26 heavy (non-hydrogen) atoms. The second-order valence-electron chi connectivity index (χ2n) is 5.34. The van der Waals surface area contributed by atoms with Crippen LogP contribution in [0.2, 0.25) is 0 Å². The molecule has 0 fully saturated rings. The zero-order valence-electron chi connectivity index (χ0n) is 15.1. The first-order valence-electron chi connectivity index (χ1n) is 8.35. The van der Waals surface area contributed by atoms with Crippen molar-refractivity contribution < 1.29 is 14.3 Å². The average molecular weight is 376 g/mol. The van der Waals surface area contributed by atoms with E-state index in [1.807, 2.05) is 35.8 Å². The lowest BCUT2D eigenvalue weighted by atomic mass is 10.3. The molecule has 8 heteroatoms. The quantitative estimate of drug-likeness (QED) is 0.479. The molecule has 0 aliphatic rings. The average Bonchev–Trinajstić information content (AvgIpc) is 3.00. The van der Waals surface area contributed by atoms with Gasteiger partial charge >= 0.3 is 0 Å². The third kappa shape index (κ3) is 5.89. The largest absolute Gasteiger partial charge is 0.494 e. The van der Waals surface area contributed by atoms with Crippen LogP contribution >= 0.6 is 11.8 Å². The number of anilines is 1. The Kier molecular flexibility index (Phi) is 8.17. The molecule has 1 aromatic heterocycles. The summed E-state index contributed by atoms with van der Waals surface area (Å²) in [7, 11) is 1.62. The normalized spacial score (nSPS) is 10.5. The Bertz CT molecular complexity index is 716. The first-order chi connectivity index (χ1) is 12.7. The highest BCUT2D eigenvalue weighted by atomic mass is 32.2. The van der Waals surface area contributed by atoms with Crippen LogP contribution in [0.5, 0.6) is 5.75 Å². The molecular formula is C18H24N4O3S. The number of methoxy groups -OCH3 is 1. The van der Waals surface area contributed by atoms with E-state index in [0.29, 0.717) is 31.9 Å². The topological polar surface area (TPSA) is 78.3 Å². The number of hydrogen-bond donors (Lipinski definition) is 1. The second kappa shape index (κ2) is 10.6. The molecule has 2 aromatic rings. The van der Waals surface area contributed by atoms with Gasteiger partial charge in [-0.05, 0) is 31.2 Å². The zero-order valence-corrected chi connectivity index (χ0v) is 15.9. The summed E-state index contributed by atoms with van der Waals surface area (Å²) in [4.78, 5) is 12.1. The Morgan fingerprint density at radius 2 is 2.12 bits per heavy atom. The maximum atomic E-state index is 12.1. The van der Waals surface area contributed by atoms with E-state index in [4.69, 9.17) is 9.47 Å². The van der Waals surface area contributed by atoms with Crippen LogP contribution in [0.3, 0.4) is 0 Å². The van der Waals surface area contributed by atoms with Crippen molar-refractivity contribution in [3.63, 3.8) is 0 Å². The number of rotatable bonds is 11. The minimum Gasteiger partial charge on any atom is -0.494 e. The fourth-order valence-electron chi connectivity index (χ4n) is 2.23. The predicted octanol–water partition coefficient (Wildman–Crippen LogP) is 3.13. The summed E-state index contributed by atoms with van der Waals surface area (Å²) in [6.07, 6.45) is 2.16. The van der Waals surface area contributed by atoms with Crippen molar-refractivity contribution in [2.75, 3.05) is 24.8 Å². The van der Waals surface area contributed by atoms with Crippen LogP contribution in [0.15, 0.2) is 42.1 Å². The number of allylic oxidation sites excluding steroid dienone is 1. The van der Waals surface area contributed by atoms with E-state index in [1.54, 1.807) is 13.2 Å². The van der Waals surface area contributed by atoms with Crippen LogP contribution in [0.4, 0.5) is 5.69 Å². The molecule has 0 unspecified atom stereocenters. The SMILES string of the molecule is C=CCn1c(COC)nnc1SCCC(=O)Nc1ccc(OCC)cc1. The van der Waals surface area contributed by atoms with Gasteiger partial charge in [0.05, 0.1) is 6.61 Å². The molecule has 1 N–H and O–H groups in total. The Hall–Kier alpha value is -2.32. The van der Waals surface area contributed by atoms with Crippen LogP contribution in [0.1, 0.15) is 19.2 Å². The van der Waals surface area contributed by atoms with Gasteiger partial charge in [0.15, 0.2) is 11.0 Å². The van der Waals surface area contributed by atoms with Crippen molar-refractivity contribution in [1.82, 2.24) is 14.8 Å². The van der Waals surface area contributed by atoms with E-state index >= 15 is 0 Å². The monoisotopic (exact) mass is 376 g/mol. The van der Waals surface area contributed by atoms with Gasteiger partial charge in [-0.15, -0.1) is 16.8 Å². The van der Waals surface area contributed by atoms with Crippen molar-refractivity contribution in [3.05, 3.63) is 42.7 Å². The van der Waals surface area contributed by atoms with Crippen molar-refractivity contribution >= 4 is 23.4 Å². The van der Waals surface area contributed by atoms with Crippen LogP contribution in [-0.4, -0.2) is 40.1 Å². The molecule has 0 saturated heterocycles. The van der Waals surface area contributed by atoms with E-state index in [-0.39, 0.29) is 5.91 Å². The summed E-state index contributed by atoms with van der Waals surface area (Å²) in [6, 6.07) is 7.33. The van der Waals surface area contributed by atoms with Crippen LogP contribution in [0, 0.1) is 0 Å². The number of nitrogens with zero attached hydrogens (tertiary/aromatic N) is 3. The standard InChI is InChI=1S/C18H24N4O3S/c1-4-11-22-16(13-24-3)20-21-18(22)26-12-10-17(23)19-14-6-8-15(9-7-14)25-5-2/h4,6-9H,1,5,10-13H2,2-3H3,(H,19,23). The van der Waals surface area contributed by atoms with E-state index in [2.05, 4.69) is 22.1 Å². The molecule has 1 amide bonds. The predicted molar refractivity (Wildman–Crippen MR) is 103 cm³/mol. The fraction of sp³-hybridized carbons (Fsp3) is 0.389. The molecule has 1 heterocycles. The van der Waals surface area contributed by atoms with Crippen molar-refractivity contribution in [2.24, 2.45) is 0 Å². The van der Waals surface area contributed by atoms with Gasteiger partial charge in [-0.2, -0.15) is 0 Å². The van der Waals surface area contributed by atoms with Crippen LogP contribution in [0.25, 0.3) is 0 Å². The number of nitrogens with one attached hydrogen (secondary N) is 1. The summed E-state index contributed by atoms with van der Waals surface area (Å²) < 4.78 is 12.4. The number of benzene rings is 1. The fourth-order valence-corrected chi connectivity index (χ4v) is 3.14. The van der Waals surface area contributed by atoms with Gasteiger partial charge in [0.2, 0.25) is 5.91 Å². The molecule has 0 atom stereocenters. The Morgan fingerprint density at radius 3 is 2.77 bits per heavy atom. The summed E-state index contributed by atoms with van der Waals surface area (Å²) >= 11 is 1.49. The van der Waals surface area contributed by atoms with Crippen LogP contribution < -0.4 is 10.1 Å². The smallest absolute Gasteiger partial charge is 0.225 e. The van der Waals surface area contributed by atoms with E-state index < -0.39 is 0 Å². The number of carbonyl (C=O) groups excluding carboxylic acids is 1. The Balaban J connectivity index is 1.83. The van der Waals surface area contributed by atoms with Crippen molar-refractivity contribution in [3.8, 4) is 5.75 Å². The highest BCUT2D eigenvalue weighted by molar-refractivity contribution is 7.99. The van der Waals surface area contributed by atoms with Crippen molar-refractivity contribution in [2.45, 2.75) is 31.7 Å². The number of amides is 1. The first kappa shape index (κ1) is 20.0. The molecule has 0 radical (unpaired) electrons. The highest BCUT2D eigenvalue weighted by Gasteiger charge is 2.12. The highest BCUT2D eigenvalue weighted by Crippen LogP contribution is 2.20. The number of thioether (sulfide) groups is 1. The molecule has 0 aliphatic heterocycles. The van der Waals surface area contributed by atoms with Gasteiger partial charge in [-0.25, -0.2) is 0 Å². The van der Waals surface area contributed by atoms with Gasteiger partial charge in [-0.3, -0.25) is 4.79 Å². The van der Waals surface area contributed by atoms with E-state index in [0.717, 1.165) is 22.4 Å². The lowest BCUT2D eigenvalue weighted by Gasteiger charge is -2.08. The van der Waals surface area contributed by atoms with Gasteiger partial charge in [0.1, 0.15) is 12.4 Å². The molecular weight excluding hydrogens is 352 g/mol. The van der Waals surface area contributed by atoms with Gasteiger partial charge < -0.3 is 19.4 Å². The minimum absolute atomic E-state index is 0.0476. The molecule has 1 aromatic carbocycles. The van der Waals surface area contributed by atoms with Crippen LogP contribution in [-0.2, 0) is 22.7 Å². The third-order valence-corrected chi connectivity index (χ3v) is 4.36. The van der Waals surface area contributed by atoms with E-state index in [1.165, 1.54) is 11.8 Å². The lowest BCUT2D eigenvalue weighted by Crippen LogP contribution is -2.12.